The van der Waals surface area contributed by atoms with E-state index < -0.39 is 0 Å². The molecule has 0 fully saturated rings. The Morgan fingerprint density at radius 3 is 3.07 bits per heavy atom. The molecule has 0 spiro atoms. The third kappa shape index (κ3) is 2.64. The minimum atomic E-state index is 0.572. The van der Waals surface area contributed by atoms with Crippen LogP contribution in [0.2, 0.25) is 0 Å². The molecule has 0 amide bonds. The van der Waals surface area contributed by atoms with Gasteiger partial charge in [0.25, 0.3) is 0 Å². The Bertz CT molecular complexity index is 491. The maximum atomic E-state index is 4.23. The first kappa shape index (κ1) is 9.41. The van der Waals surface area contributed by atoms with Gasteiger partial charge in [-0.1, -0.05) is 5.92 Å². The third-order valence-corrected chi connectivity index (χ3v) is 1.77. The Morgan fingerprint density at radius 1 is 1.40 bits per heavy atom. The summed E-state index contributed by atoms with van der Waals surface area (Å²) in [5.41, 5.74) is 1.57. The number of aromatic nitrogens is 4. The van der Waals surface area contributed by atoms with Crippen molar-refractivity contribution in [3.05, 3.63) is 42.2 Å². The summed E-state index contributed by atoms with van der Waals surface area (Å²) in [7, 11) is 0. The average Bonchev–Trinajstić information content (AvgIpc) is 2.71. The van der Waals surface area contributed by atoms with E-state index in [1.54, 1.807) is 23.3 Å². The monoisotopic (exact) mass is 198 g/mol. The summed E-state index contributed by atoms with van der Waals surface area (Å²) in [5.74, 6) is 5.92. The second-order valence-electron chi connectivity index (χ2n) is 3.05. The number of nitrogens with zero attached hydrogens (tertiary/aromatic N) is 4. The van der Waals surface area contributed by atoms with Crippen LogP contribution in [0.25, 0.3) is 0 Å². The molecule has 0 atom stereocenters. The Balaban J connectivity index is 2.06. The fraction of sp³-hybridized carbons (Fsp3) is 0.182. The fourth-order valence-electron chi connectivity index (χ4n) is 1.13. The lowest BCUT2D eigenvalue weighted by Crippen LogP contribution is -1.95. The van der Waals surface area contributed by atoms with Gasteiger partial charge in [-0.25, -0.2) is 4.98 Å². The zero-order valence-corrected chi connectivity index (χ0v) is 8.38. The Morgan fingerprint density at radius 2 is 2.33 bits per heavy atom. The van der Waals surface area contributed by atoms with E-state index in [0.717, 1.165) is 5.69 Å². The van der Waals surface area contributed by atoms with E-state index in [-0.39, 0.29) is 0 Å². The number of rotatable bonds is 1. The summed E-state index contributed by atoms with van der Waals surface area (Å²) in [6.45, 7) is 2.47. The van der Waals surface area contributed by atoms with Crippen LogP contribution in [-0.2, 0) is 6.54 Å². The SMILES string of the molecule is Cc1cncc(C#CCn2cccn2)n1. The van der Waals surface area contributed by atoms with Crippen LogP contribution in [0.4, 0.5) is 0 Å². The van der Waals surface area contributed by atoms with Crippen molar-refractivity contribution in [2.75, 3.05) is 0 Å². The van der Waals surface area contributed by atoms with Crippen LogP contribution in [0.15, 0.2) is 30.9 Å². The highest BCUT2D eigenvalue weighted by molar-refractivity contribution is 5.25. The third-order valence-electron chi connectivity index (χ3n) is 1.77. The number of aryl methyl sites for hydroxylation is 1. The van der Waals surface area contributed by atoms with Crippen molar-refractivity contribution >= 4 is 0 Å². The van der Waals surface area contributed by atoms with Crippen LogP contribution in [0.1, 0.15) is 11.4 Å². The van der Waals surface area contributed by atoms with Gasteiger partial charge in [-0.2, -0.15) is 5.10 Å². The average molecular weight is 198 g/mol. The fourth-order valence-corrected chi connectivity index (χ4v) is 1.13. The smallest absolute Gasteiger partial charge is 0.131 e. The highest BCUT2D eigenvalue weighted by Crippen LogP contribution is 1.92. The zero-order chi connectivity index (χ0) is 10.5. The molecule has 2 aromatic heterocycles. The number of hydrogen-bond donors (Lipinski definition) is 0. The molecule has 0 bridgehead atoms. The lowest BCUT2D eigenvalue weighted by Gasteiger charge is -1.92. The van der Waals surface area contributed by atoms with E-state index in [0.29, 0.717) is 12.2 Å². The van der Waals surface area contributed by atoms with E-state index in [2.05, 4.69) is 26.9 Å². The van der Waals surface area contributed by atoms with Crippen molar-refractivity contribution in [1.29, 1.82) is 0 Å². The molecule has 4 nitrogen and oxygen atoms in total. The summed E-state index contributed by atoms with van der Waals surface area (Å²) in [4.78, 5) is 8.24. The van der Waals surface area contributed by atoms with Crippen LogP contribution >= 0.6 is 0 Å². The van der Waals surface area contributed by atoms with Crippen LogP contribution in [0, 0.1) is 18.8 Å². The Labute approximate surface area is 88.0 Å². The lowest BCUT2D eigenvalue weighted by atomic mass is 10.4. The molecule has 0 aliphatic carbocycles. The van der Waals surface area contributed by atoms with Crippen LogP contribution < -0.4 is 0 Å². The topological polar surface area (TPSA) is 43.6 Å². The highest BCUT2D eigenvalue weighted by atomic mass is 15.3. The largest absolute Gasteiger partial charge is 0.261 e. The number of hydrogen-bond acceptors (Lipinski definition) is 3. The predicted octanol–water partition coefficient (Wildman–Crippen LogP) is 1.03. The maximum absolute atomic E-state index is 4.23. The van der Waals surface area contributed by atoms with Crippen LogP contribution in [-0.4, -0.2) is 19.7 Å². The van der Waals surface area contributed by atoms with Crippen LogP contribution in [0.5, 0.6) is 0 Å². The normalized spacial score (nSPS) is 9.40. The van der Waals surface area contributed by atoms with Crippen molar-refractivity contribution in [3.63, 3.8) is 0 Å². The Hall–Kier alpha value is -2.15. The van der Waals surface area contributed by atoms with Crippen molar-refractivity contribution in [2.24, 2.45) is 0 Å². The molecule has 0 radical (unpaired) electrons. The van der Waals surface area contributed by atoms with Crippen LogP contribution in [0.3, 0.4) is 0 Å². The van der Waals surface area contributed by atoms with E-state index >= 15 is 0 Å². The highest BCUT2D eigenvalue weighted by Gasteiger charge is 1.89. The van der Waals surface area contributed by atoms with Gasteiger partial charge >= 0.3 is 0 Å². The van der Waals surface area contributed by atoms with Gasteiger partial charge in [0.05, 0.1) is 11.9 Å². The van der Waals surface area contributed by atoms with Gasteiger partial charge in [-0.3, -0.25) is 9.67 Å². The molecule has 0 unspecified atom stereocenters. The predicted molar refractivity (Wildman–Crippen MR) is 55.9 cm³/mol. The first-order chi connectivity index (χ1) is 7.34. The minimum Gasteiger partial charge on any atom is -0.261 e. The summed E-state index contributed by atoms with van der Waals surface area (Å²) in [6, 6.07) is 1.87. The molecule has 0 aliphatic rings. The van der Waals surface area contributed by atoms with Gasteiger partial charge in [0.2, 0.25) is 0 Å². The van der Waals surface area contributed by atoms with Gasteiger partial charge in [0.1, 0.15) is 12.2 Å². The first-order valence-corrected chi connectivity index (χ1v) is 4.59. The summed E-state index contributed by atoms with van der Waals surface area (Å²) < 4.78 is 1.76. The quantitative estimate of drug-likeness (QED) is 0.643. The van der Waals surface area contributed by atoms with Gasteiger partial charge in [-0.05, 0) is 18.9 Å². The molecule has 0 N–H and O–H groups in total. The van der Waals surface area contributed by atoms with Gasteiger partial charge in [0.15, 0.2) is 0 Å². The van der Waals surface area contributed by atoms with E-state index in [1.807, 2.05) is 19.2 Å². The standard InChI is InChI=1S/C11H10N4/c1-10-8-12-9-11(14-10)4-2-6-15-7-3-5-13-15/h3,5,7-9H,6H2,1H3. The lowest BCUT2D eigenvalue weighted by molar-refractivity contribution is 0.715. The van der Waals surface area contributed by atoms with Crippen molar-refractivity contribution < 1.29 is 0 Å². The minimum absolute atomic E-state index is 0.572. The molecule has 0 saturated carbocycles. The molecular formula is C11H10N4. The molecule has 0 aromatic carbocycles. The molecule has 0 aliphatic heterocycles. The van der Waals surface area contributed by atoms with Gasteiger partial charge < -0.3 is 0 Å². The van der Waals surface area contributed by atoms with E-state index in [4.69, 9.17) is 0 Å². The second kappa shape index (κ2) is 4.38. The summed E-state index contributed by atoms with van der Waals surface area (Å²) in [5, 5.41) is 4.04. The van der Waals surface area contributed by atoms with Crippen molar-refractivity contribution in [3.8, 4) is 11.8 Å². The van der Waals surface area contributed by atoms with E-state index in [9.17, 15) is 0 Å². The molecule has 0 saturated heterocycles. The molecule has 2 rings (SSSR count). The molecule has 2 heterocycles. The van der Waals surface area contributed by atoms with Gasteiger partial charge in [-0.15, -0.1) is 0 Å². The maximum Gasteiger partial charge on any atom is 0.131 e. The first-order valence-electron chi connectivity index (χ1n) is 4.59. The second-order valence-corrected chi connectivity index (χ2v) is 3.05. The van der Waals surface area contributed by atoms with E-state index in [1.165, 1.54) is 0 Å². The molecular weight excluding hydrogens is 188 g/mol. The van der Waals surface area contributed by atoms with Crippen molar-refractivity contribution in [2.45, 2.75) is 13.5 Å². The summed E-state index contributed by atoms with van der Waals surface area (Å²) in [6.07, 6.45) is 6.96. The van der Waals surface area contributed by atoms with Gasteiger partial charge in [0, 0.05) is 18.6 Å². The molecule has 4 heteroatoms. The molecule has 15 heavy (non-hydrogen) atoms. The van der Waals surface area contributed by atoms with Crippen molar-refractivity contribution in [1.82, 2.24) is 19.7 Å². The molecule has 2 aromatic rings. The summed E-state index contributed by atoms with van der Waals surface area (Å²) >= 11 is 0. The Kier molecular flexibility index (Phi) is 2.75. The zero-order valence-electron chi connectivity index (χ0n) is 8.38. The molecule has 74 valence electrons.